The number of likely N-dealkylation sites (N-methyl/N-ethyl adjacent to an activating group) is 1. The maximum atomic E-state index is 11.5. The summed E-state index contributed by atoms with van der Waals surface area (Å²) in [5, 5.41) is 0. The average molecular weight is 224 g/mol. The van der Waals surface area contributed by atoms with E-state index in [1.807, 2.05) is 0 Å². The molecule has 2 aliphatic rings. The predicted molar refractivity (Wildman–Crippen MR) is 65.5 cm³/mol. The highest BCUT2D eigenvalue weighted by Gasteiger charge is 2.26. The van der Waals surface area contributed by atoms with Gasteiger partial charge in [-0.2, -0.15) is 0 Å². The second kappa shape index (κ2) is 5.28. The molecule has 2 atom stereocenters. The van der Waals surface area contributed by atoms with Crippen molar-refractivity contribution in [1.29, 1.82) is 0 Å². The summed E-state index contributed by atoms with van der Waals surface area (Å²) < 4.78 is 0. The number of hydrogen-bond acceptors (Lipinski definition) is 3. The van der Waals surface area contributed by atoms with Crippen molar-refractivity contribution in [2.24, 2.45) is 5.92 Å². The third kappa shape index (κ3) is 2.83. The molecule has 0 aromatic rings. The topological polar surface area (TPSA) is 23.6 Å². The maximum Gasteiger partial charge on any atom is 0.136 e. The number of piperazine rings is 1. The van der Waals surface area contributed by atoms with Gasteiger partial charge < -0.3 is 9.80 Å². The summed E-state index contributed by atoms with van der Waals surface area (Å²) in [5.41, 5.74) is 0. The van der Waals surface area contributed by atoms with Crippen molar-refractivity contribution in [1.82, 2.24) is 9.80 Å². The summed E-state index contributed by atoms with van der Waals surface area (Å²) in [7, 11) is 2.20. The average Bonchev–Trinajstić information content (AvgIpc) is 2.66. The molecule has 1 aliphatic heterocycles. The molecule has 2 rings (SSSR count). The van der Waals surface area contributed by atoms with Crippen LogP contribution in [0, 0.1) is 5.92 Å². The van der Waals surface area contributed by atoms with Crippen LogP contribution in [0.15, 0.2) is 0 Å². The van der Waals surface area contributed by atoms with Crippen LogP contribution < -0.4 is 0 Å². The Balaban J connectivity index is 1.72. The number of hydrogen-bond donors (Lipinski definition) is 0. The van der Waals surface area contributed by atoms with Gasteiger partial charge in [0.25, 0.3) is 0 Å². The Morgan fingerprint density at radius 3 is 2.81 bits per heavy atom. The molecule has 0 bridgehead atoms. The highest BCUT2D eigenvalue weighted by Crippen LogP contribution is 2.24. The summed E-state index contributed by atoms with van der Waals surface area (Å²) >= 11 is 0. The quantitative estimate of drug-likeness (QED) is 0.723. The van der Waals surface area contributed by atoms with Crippen LogP contribution in [0.1, 0.15) is 32.6 Å². The van der Waals surface area contributed by atoms with Crippen molar-refractivity contribution in [3.63, 3.8) is 0 Å². The van der Waals surface area contributed by atoms with Crippen molar-refractivity contribution in [2.45, 2.75) is 38.6 Å². The number of nitrogens with zero attached hydrogens (tertiary/aromatic N) is 2. The van der Waals surface area contributed by atoms with Gasteiger partial charge in [0.2, 0.25) is 0 Å². The molecular weight excluding hydrogens is 200 g/mol. The van der Waals surface area contributed by atoms with E-state index in [4.69, 9.17) is 0 Å². The van der Waals surface area contributed by atoms with E-state index < -0.39 is 0 Å². The number of carbonyl (C=O) groups excluding carboxylic acids is 1. The molecule has 3 heteroatoms. The summed E-state index contributed by atoms with van der Waals surface area (Å²) in [5.74, 6) is 0.900. The van der Waals surface area contributed by atoms with Crippen molar-refractivity contribution < 1.29 is 4.79 Å². The molecule has 92 valence electrons. The molecule has 0 amide bonds. The lowest BCUT2D eigenvalue weighted by Crippen LogP contribution is -2.50. The zero-order valence-corrected chi connectivity index (χ0v) is 10.6. The Hall–Kier alpha value is -0.410. The lowest BCUT2D eigenvalue weighted by Gasteiger charge is -2.38. The van der Waals surface area contributed by atoms with E-state index in [0.717, 1.165) is 38.8 Å². The summed E-state index contributed by atoms with van der Waals surface area (Å²) in [6, 6.07) is 0.660. The second-order valence-electron chi connectivity index (χ2n) is 5.47. The number of rotatable bonds is 3. The normalized spacial score (nSPS) is 33.5. The first-order valence-electron chi connectivity index (χ1n) is 6.62. The fourth-order valence-electron chi connectivity index (χ4n) is 2.86. The molecule has 0 aromatic heterocycles. The van der Waals surface area contributed by atoms with Gasteiger partial charge in [-0.05, 0) is 39.8 Å². The number of carbonyl (C=O) groups is 1. The minimum absolute atomic E-state index is 0.384. The van der Waals surface area contributed by atoms with Gasteiger partial charge in [0, 0.05) is 38.0 Å². The molecular formula is C13H24N2O. The fourth-order valence-corrected chi connectivity index (χ4v) is 2.86. The molecule has 2 fully saturated rings. The zero-order chi connectivity index (χ0) is 11.5. The van der Waals surface area contributed by atoms with E-state index in [0.29, 0.717) is 17.7 Å². The van der Waals surface area contributed by atoms with Gasteiger partial charge in [0.05, 0.1) is 0 Å². The fraction of sp³-hybridized carbons (Fsp3) is 0.923. The smallest absolute Gasteiger partial charge is 0.136 e. The molecule has 0 N–H and O–H groups in total. The van der Waals surface area contributed by atoms with Crippen LogP contribution in [-0.4, -0.2) is 54.9 Å². The molecule has 1 heterocycles. The minimum Gasteiger partial charge on any atom is -0.301 e. The third-order valence-electron chi connectivity index (χ3n) is 4.27. The van der Waals surface area contributed by atoms with Crippen molar-refractivity contribution in [2.75, 3.05) is 33.2 Å². The van der Waals surface area contributed by atoms with E-state index in [2.05, 4.69) is 23.8 Å². The summed E-state index contributed by atoms with van der Waals surface area (Å²) in [6.07, 6.45) is 4.20. The highest BCUT2D eigenvalue weighted by molar-refractivity contribution is 5.82. The van der Waals surface area contributed by atoms with Gasteiger partial charge in [-0.1, -0.05) is 0 Å². The lowest BCUT2D eigenvalue weighted by molar-refractivity contribution is -0.120. The van der Waals surface area contributed by atoms with E-state index in [1.165, 1.54) is 13.1 Å². The van der Waals surface area contributed by atoms with Crippen molar-refractivity contribution >= 4 is 5.78 Å². The van der Waals surface area contributed by atoms with E-state index in [9.17, 15) is 4.79 Å². The highest BCUT2D eigenvalue weighted by atomic mass is 16.1. The first kappa shape index (κ1) is 12.1. The Morgan fingerprint density at radius 2 is 2.19 bits per heavy atom. The molecule has 0 radical (unpaired) electrons. The Morgan fingerprint density at radius 1 is 1.38 bits per heavy atom. The molecule has 0 aromatic carbocycles. The van der Waals surface area contributed by atoms with Gasteiger partial charge in [0.1, 0.15) is 5.78 Å². The van der Waals surface area contributed by atoms with E-state index in [-0.39, 0.29) is 0 Å². The van der Waals surface area contributed by atoms with Gasteiger partial charge in [-0.3, -0.25) is 4.79 Å². The molecule has 16 heavy (non-hydrogen) atoms. The molecule has 1 saturated heterocycles. The first-order chi connectivity index (χ1) is 7.66. The van der Waals surface area contributed by atoms with Crippen LogP contribution >= 0.6 is 0 Å². The molecule has 1 aliphatic carbocycles. The number of ketones is 1. The van der Waals surface area contributed by atoms with Crippen LogP contribution in [0.3, 0.4) is 0 Å². The Kier molecular flexibility index (Phi) is 3.98. The SMILES string of the molecule is CC1CN(CCC2CCCC2=O)CCN1C. The van der Waals surface area contributed by atoms with Gasteiger partial charge in [-0.25, -0.2) is 0 Å². The van der Waals surface area contributed by atoms with Crippen LogP contribution in [-0.2, 0) is 4.79 Å². The number of Topliss-reactive ketones (excluding diaryl/α,β-unsaturated/α-hetero) is 1. The lowest BCUT2D eigenvalue weighted by atomic mass is 10.0. The van der Waals surface area contributed by atoms with E-state index in [1.54, 1.807) is 0 Å². The van der Waals surface area contributed by atoms with Crippen molar-refractivity contribution in [3.05, 3.63) is 0 Å². The molecule has 2 unspecified atom stereocenters. The minimum atomic E-state index is 0.384. The molecule has 3 nitrogen and oxygen atoms in total. The molecule has 1 saturated carbocycles. The Labute approximate surface area is 98.8 Å². The van der Waals surface area contributed by atoms with E-state index >= 15 is 0 Å². The van der Waals surface area contributed by atoms with Crippen LogP contribution in [0.5, 0.6) is 0 Å². The largest absolute Gasteiger partial charge is 0.301 e. The van der Waals surface area contributed by atoms with Crippen LogP contribution in [0.2, 0.25) is 0 Å². The first-order valence-corrected chi connectivity index (χ1v) is 6.62. The summed E-state index contributed by atoms with van der Waals surface area (Å²) in [6.45, 7) is 6.90. The van der Waals surface area contributed by atoms with Gasteiger partial charge >= 0.3 is 0 Å². The zero-order valence-electron chi connectivity index (χ0n) is 10.6. The monoisotopic (exact) mass is 224 g/mol. The molecule has 0 spiro atoms. The Bertz CT molecular complexity index is 254. The third-order valence-corrected chi connectivity index (χ3v) is 4.27. The second-order valence-corrected chi connectivity index (χ2v) is 5.47. The standard InChI is InChI=1S/C13H24N2O/c1-11-10-15(9-8-14(11)2)7-6-12-4-3-5-13(12)16/h11-12H,3-10H2,1-2H3. The summed E-state index contributed by atoms with van der Waals surface area (Å²) in [4.78, 5) is 16.5. The van der Waals surface area contributed by atoms with Crippen LogP contribution in [0.4, 0.5) is 0 Å². The van der Waals surface area contributed by atoms with Crippen molar-refractivity contribution in [3.8, 4) is 0 Å². The predicted octanol–water partition coefficient (Wildman–Crippen LogP) is 1.38. The van der Waals surface area contributed by atoms with Gasteiger partial charge in [0.15, 0.2) is 0 Å². The van der Waals surface area contributed by atoms with Crippen LogP contribution in [0.25, 0.3) is 0 Å². The van der Waals surface area contributed by atoms with Gasteiger partial charge in [-0.15, -0.1) is 0 Å². The maximum absolute atomic E-state index is 11.5.